The topological polar surface area (TPSA) is 37.3 Å². The lowest BCUT2D eigenvalue weighted by Crippen LogP contribution is -2.51. The Morgan fingerprint density at radius 2 is 1.57 bits per heavy atom. The molecule has 0 aromatic heterocycles. The van der Waals surface area contributed by atoms with Crippen LogP contribution in [-0.2, 0) is 4.79 Å². The van der Waals surface area contributed by atoms with E-state index in [0.29, 0.717) is 0 Å². The third kappa shape index (κ3) is 5.23. The molecule has 10 heteroatoms. The summed E-state index contributed by atoms with van der Waals surface area (Å²) in [6.45, 7) is 3.14. The van der Waals surface area contributed by atoms with Gasteiger partial charge in [-0.1, -0.05) is 13.8 Å². The van der Waals surface area contributed by atoms with Crippen LogP contribution in [0.25, 0.3) is 0 Å². The molecule has 0 aliphatic rings. The maximum Gasteiger partial charge on any atom is 0.459 e. The fourth-order valence-corrected chi connectivity index (χ4v) is 2.51. The summed E-state index contributed by atoms with van der Waals surface area (Å²) >= 11 is 0.738. The van der Waals surface area contributed by atoms with Crippen molar-refractivity contribution in [2.24, 2.45) is 5.92 Å². The Balaban J connectivity index is 4.50. The fourth-order valence-electron chi connectivity index (χ4n) is 1.42. The first-order valence-electron chi connectivity index (χ1n) is 5.91. The number of halogens is 7. The minimum Gasteiger partial charge on any atom is -0.480 e. The second-order valence-corrected chi connectivity index (χ2v) is 6.00. The lowest BCUT2D eigenvalue weighted by atomic mass is 10.1. The van der Waals surface area contributed by atoms with Gasteiger partial charge in [-0.15, -0.1) is 11.8 Å². The maximum absolute atomic E-state index is 12.9. The van der Waals surface area contributed by atoms with Crippen LogP contribution in [0.3, 0.4) is 0 Å². The molecule has 2 nitrogen and oxygen atoms in total. The molecule has 0 aliphatic heterocycles. The van der Waals surface area contributed by atoms with E-state index < -0.39 is 42.1 Å². The van der Waals surface area contributed by atoms with Crippen LogP contribution in [0, 0.1) is 5.92 Å². The first-order valence-corrected chi connectivity index (χ1v) is 6.95. The fraction of sp³-hybridized carbons (Fsp3) is 0.909. The van der Waals surface area contributed by atoms with Crippen molar-refractivity contribution < 1.29 is 40.6 Å². The van der Waals surface area contributed by atoms with Gasteiger partial charge in [0, 0.05) is 6.42 Å². The number of alkyl halides is 7. The van der Waals surface area contributed by atoms with Crippen LogP contribution in [0.5, 0.6) is 0 Å². The van der Waals surface area contributed by atoms with E-state index in [0.717, 1.165) is 11.8 Å². The molecule has 0 saturated carbocycles. The number of rotatable bonds is 8. The van der Waals surface area contributed by atoms with Crippen molar-refractivity contribution in [3.63, 3.8) is 0 Å². The molecule has 126 valence electrons. The number of carbonyl (C=O) groups is 1. The van der Waals surface area contributed by atoms with Crippen molar-refractivity contribution in [1.29, 1.82) is 0 Å². The lowest BCUT2D eigenvalue weighted by molar-refractivity contribution is -0.355. The highest BCUT2D eigenvalue weighted by Crippen LogP contribution is 2.48. The Labute approximate surface area is 121 Å². The number of thioether (sulfide) groups is 1. The summed E-state index contributed by atoms with van der Waals surface area (Å²) in [4.78, 5) is 10.8. The van der Waals surface area contributed by atoms with E-state index in [-0.39, 0.29) is 11.7 Å². The molecule has 0 bridgehead atoms. The summed E-state index contributed by atoms with van der Waals surface area (Å²) in [5.41, 5.74) is 0. The molecule has 21 heavy (non-hydrogen) atoms. The molecular weight excluding hydrogens is 329 g/mol. The van der Waals surface area contributed by atoms with Crippen LogP contribution in [0.1, 0.15) is 26.7 Å². The zero-order valence-corrected chi connectivity index (χ0v) is 12.0. The largest absolute Gasteiger partial charge is 0.480 e. The van der Waals surface area contributed by atoms with Gasteiger partial charge in [0.25, 0.3) is 0 Å². The molecule has 1 unspecified atom stereocenters. The zero-order chi connectivity index (χ0) is 17.1. The smallest absolute Gasteiger partial charge is 0.459 e. The highest BCUT2D eigenvalue weighted by molar-refractivity contribution is 8.00. The van der Waals surface area contributed by atoms with Crippen molar-refractivity contribution >= 4 is 17.7 Å². The highest BCUT2D eigenvalue weighted by Gasteiger charge is 2.72. The SMILES string of the molecule is CC(C)C(SCCCC(F)(F)C(F)(F)C(F)(F)F)C(=O)O. The number of hydrogen-bond donors (Lipinski definition) is 1. The molecule has 0 fully saturated rings. The molecule has 0 aromatic rings. The van der Waals surface area contributed by atoms with Gasteiger partial charge in [-0.2, -0.15) is 30.7 Å². The van der Waals surface area contributed by atoms with Gasteiger partial charge in [0.2, 0.25) is 0 Å². The third-order valence-corrected chi connectivity index (χ3v) is 4.23. The summed E-state index contributed by atoms with van der Waals surface area (Å²) in [7, 11) is 0. The summed E-state index contributed by atoms with van der Waals surface area (Å²) in [5.74, 6) is -13.1. The number of carboxylic acid groups (broad SMARTS) is 1. The molecule has 0 rings (SSSR count). The lowest BCUT2D eigenvalue weighted by Gasteiger charge is -2.28. The Morgan fingerprint density at radius 1 is 1.10 bits per heavy atom. The predicted molar refractivity (Wildman–Crippen MR) is 63.9 cm³/mol. The van der Waals surface area contributed by atoms with Crippen molar-refractivity contribution in [3.05, 3.63) is 0 Å². The van der Waals surface area contributed by atoms with Crippen molar-refractivity contribution in [3.8, 4) is 0 Å². The predicted octanol–water partition coefficient (Wildman–Crippen LogP) is 4.44. The van der Waals surface area contributed by atoms with Crippen molar-refractivity contribution in [2.45, 2.75) is 50.0 Å². The van der Waals surface area contributed by atoms with Gasteiger partial charge in [-0.05, 0) is 18.1 Å². The van der Waals surface area contributed by atoms with E-state index in [4.69, 9.17) is 5.11 Å². The molecule has 0 aromatic carbocycles. The van der Waals surface area contributed by atoms with Crippen molar-refractivity contribution in [2.75, 3.05) is 5.75 Å². The van der Waals surface area contributed by atoms with Gasteiger partial charge in [0.05, 0.1) is 0 Å². The standard InChI is InChI=1S/C11H15F7O2S/c1-6(2)7(8(19)20)21-5-3-4-9(12,13)10(14,15)11(16,17)18/h6-7H,3-5H2,1-2H3,(H,19,20). The Morgan fingerprint density at radius 3 is 1.90 bits per heavy atom. The molecule has 1 N–H and O–H groups in total. The minimum absolute atomic E-state index is 0.251. The molecular formula is C11H15F7O2S. The van der Waals surface area contributed by atoms with Crippen LogP contribution in [0.4, 0.5) is 30.7 Å². The highest BCUT2D eigenvalue weighted by atomic mass is 32.2. The first kappa shape index (κ1) is 20.3. The number of carboxylic acids is 1. The van der Waals surface area contributed by atoms with E-state index in [1.165, 1.54) is 0 Å². The van der Waals surface area contributed by atoms with Gasteiger partial charge >= 0.3 is 24.0 Å². The van der Waals surface area contributed by atoms with Crippen LogP contribution >= 0.6 is 11.8 Å². The third-order valence-electron chi connectivity index (χ3n) is 2.60. The summed E-state index contributed by atoms with van der Waals surface area (Å²) < 4.78 is 86.6. The van der Waals surface area contributed by atoms with E-state index in [1.807, 2.05) is 0 Å². The van der Waals surface area contributed by atoms with E-state index in [2.05, 4.69) is 0 Å². The Hall–Kier alpha value is -0.670. The average Bonchev–Trinajstić information content (AvgIpc) is 2.25. The molecule has 0 saturated heterocycles. The number of aliphatic carboxylic acids is 1. The van der Waals surface area contributed by atoms with Crippen LogP contribution in [-0.4, -0.2) is 40.1 Å². The summed E-state index contributed by atoms with van der Waals surface area (Å²) in [6, 6.07) is 0. The quantitative estimate of drug-likeness (QED) is 0.522. The van der Waals surface area contributed by atoms with Crippen LogP contribution in [0.15, 0.2) is 0 Å². The van der Waals surface area contributed by atoms with Gasteiger partial charge in [-0.25, -0.2) is 0 Å². The molecule has 0 heterocycles. The van der Waals surface area contributed by atoms with E-state index in [9.17, 15) is 35.5 Å². The second kappa shape index (κ2) is 7.06. The monoisotopic (exact) mass is 344 g/mol. The molecule has 0 radical (unpaired) electrons. The Bertz CT molecular complexity index is 355. The average molecular weight is 344 g/mol. The van der Waals surface area contributed by atoms with Gasteiger partial charge in [0.15, 0.2) is 0 Å². The summed E-state index contributed by atoms with van der Waals surface area (Å²) in [6.07, 6.45) is -8.65. The minimum atomic E-state index is -6.33. The number of hydrogen-bond acceptors (Lipinski definition) is 2. The van der Waals surface area contributed by atoms with Crippen molar-refractivity contribution in [1.82, 2.24) is 0 Å². The molecule has 0 amide bonds. The first-order chi connectivity index (χ1) is 9.24. The van der Waals surface area contributed by atoms with Gasteiger partial charge < -0.3 is 5.11 Å². The Kier molecular flexibility index (Phi) is 6.83. The van der Waals surface area contributed by atoms with Gasteiger partial charge in [-0.3, -0.25) is 4.79 Å². The molecule has 1 atom stereocenters. The van der Waals surface area contributed by atoms with Crippen LogP contribution < -0.4 is 0 Å². The van der Waals surface area contributed by atoms with E-state index >= 15 is 0 Å². The summed E-state index contributed by atoms with van der Waals surface area (Å²) in [5, 5.41) is 7.87. The van der Waals surface area contributed by atoms with Crippen LogP contribution in [0.2, 0.25) is 0 Å². The zero-order valence-electron chi connectivity index (χ0n) is 11.2. The van der Waals surface area contributed by atoms with E-state index in [1.54, 1.807) is 13.8 Å². The molecule has 0 spiro atoms. The maximum atomic E-state index is 12.9. The van der Waals surface area contributed by atoms with Gasteiger partial charge in [0.1, 0.15) is 5.25 Å². The second-order valence-electron chi connectivity index (χ2n) is 4.75. The normalized spacial score (nSPS) is 15.3. The molecule has 0 aliphatic carbocycles.